The smallest absolute Gasteiger partial charge is 0.184 e. The van der Waals surface area contributed by atoms with Gasteiger partial charge in [0, 0.05) is 16.9 Å². The quantitative estimate of drug-likeness (QED) is 0.759. The zero-order valence-electron chi connectivity index (χ0n) is 10.3. The van der Waals surface area contributed by atoms with Crippen LogP contribution in [0.5, 0.6) is 0 Å². The van der Waals surface area contributed by atoms with E-state index < -0.39 is 0 Å². The molecule has 1 unspecified atom stereocenters. The first-order chi connectivity index (χ1) is 9.22. The van der Waals surface area contributed by atoms with Crippen molar-refractivity contribution in [3.63, 3.8) is 0 Å². The molecule has 0 saturated heterocycles. The Kier molecular flexibility index (Phi) is 3.48. The van der Waals surface area contributed by atoms with Crippen LogP contribution in [0.4, 0.5) is 5.13 Å². The lowest BCUT2D eigenvalue weighted by Crippen LogP contribution is -2.05. The highest BCUT2D eigenvalue weighted by atomic mass is 79.9. The van der Waals surface area contributed by atoms with Gasteiger partial charge in [0.2, 0.25) is 0 Å². The summed E-state index contributed by atoms with van der Waals surface area (Å²) in [6.07, 6.45) is 3.62. The Bertz CT molecular complexity index is 696. The summed E-state index contributed by atoms with van der Waals surface area (Å²) in [7, 11) is 0. The molecule has 3 aromatic rings. The monoisotopic (exact) mass is 333 g/mol. The average molecular weight is 334 g/mol. The molecule has 3 nitrogen and oxygen atoms in total. The van der Waals surface area contributed by atoms with Gasteiger partial charge < -0.3 is 5.32 Å². The predicted molar refractivity (Wildman–Crippen MR) is 83.6 cm³/mol. The largest absolute Gasteiger partial charge is 0.355 e. The van der Waals surface area contributed by atoms with Crippen LogP contribution in [0.2, 0.25) is 0 Å². The maximum absolute atomic E-state index is 4.59. The van der Waals surface area contributed by atoms with Crippen molar-refractivity contribution >= 4 is 42.6 Å². The van der Waals surface area contributed by atoms with Gasteiger partial charge in [-0.2, -0.15) is 0 Å². The molecule has 0 radical (unpaired) electrons. The van der Waals surface area contributed by atoms with Gasteiger partial charge in [-0.15, -0.1) is 0 Å². The van der Waals surface area contributed by atoms with Gasteiger partial charge in [0.1, 0.15) is 0 Å². The van der Waals surface area contributed by atoms with Crippen LogP contribution in [-0.4, -0.2) is 9.97 Å². The van der Waals surface area contributed by atoms with Gasteiger partial charge in [-0.3, -0.25) is 4.98 Å². The zero-order valence-corrected chi connectivity index (χ0v) is 12.7. The highest BCUT2D eigenvalue weighted by Crippen LogP contribution is 2.30. The number of hydrogen-bond donors (Lipinski definition) is 1. The third-order valence-corrected chi connectivity index (χ3v) is 4.34. The first kappa shape index (κ1) is 12.6. The highest BCUT2D eigenvalue weighted by molar-refractivity contribution is 9.10. The molecule has 96 valence electrons. The summed E-state index contributed by atoms with van der Waals surface area (Å²) in [5.74, 6) is 0. The second kappa shape index (κ2) is 5.27. The molecule has 2 heterocycles. The maximum atomic E-state index is 4.59. The van der Waals surface area contributed by atoms with Crippen LogP contribution < -0.4 is 5.32 Å². The first-order valence-corrected chi connectivity index (χ1v) is 7.56. The number of nitrogens with one attached hydrogen (secondary N) is 1. The molecule has 0 aliphatic heterocycles. The molecular weight excluding hydrogens is 322 g/mol. The number of aromatic nitrogens is 2. The Morgan fingerprint density at radius 3 is 2.79 bits per heavy atom. The minimum Gasteiger partial charge on any atom is -0.355 e. The number of thiazole rings is 1. The van der Waals surface area contributed by atoms with E-state index in [-0.39, 0.29) is 6.04 Å². The van der Waals surface area contributed by atoms with Gasteiger partial charge in [-0.25, -0.2) is 4.98 Å². The van der Waals surface area contributed by atoms with Crippen LogP contribution in [-0.2, 0) is 0 Å². The minimum absolute atomic E-state index is 0.215. The van der Waals surface area contributed by atoms with Crippen LogP contribution in [0.1, 0.15) is 18.5 Å². The Labute approximate surface area is 123 Å². The topological polar surface area (TPSA) is 37.8 Å². The van der Waals surface area contributed by atoms with Crippen LogP contribution in [0.25, 0.3) is 10.2 Å². The van der Waals surface area contributed by atoms with Crippen molar-refractivity contribution in [1.82, 2.24) is 9.97 Å². The number of anilines is 1. The number of nitrogens with zero attached hydrogens (tertiary/aromatic N) is 2. The molecular formula is C14H12BrN3S. The van der Waals surface area contributed by atoms with Gasteiger partial charge in [-0.05, 0) is 42.8 Å². The van der Waals surface area contributed by atoms with E-state index >= 15 is 0 Å². The molecule has 1 aromatic carbocycles. The normalized spacial score (nSPS) is 12.5. The lowest BCUT2D eigenvalue weighted by molar-refractivity contribution is 0.879. The molecule has 1 N–H and O–H groups in total. The molecule has 0 spiro atoms. The summed E-state index contributed by atoms with van der Waals surface area (Å²) in [6.45, 7) is 2.12. The first-order valence-electron chi connectivity index (χ1n) is 5.95. The SMILES string of the molecule is CC(Nc1nc2ccc(Br)cc2s1)c1ccncc1. The van der Waals surface area contributed by atoms with E-state index in [2.05, 4.69) is 44.2 Å². The average Bonchev–Trinajstić information content (AvgIpc) is 2.81. The summed E-state index contributed by atoms with van der Waals surface area (Å²) < 4.78 is 2.26. The van der Waals surface area contributed by atoms with Crippen molar-refractivity contribution in [3.05, 3.63) is 52.8 Å². The van der Waals surface area contributed by atoms with Crippen molar-refractivity contribution in [2.45, 2.75) is 13.0 Å². The van der Waals surface area contributed by atoms with Gasteiger partial charge in [0.25, 0.3) is 0 Å². The predicted octanol–water partition coefficient (Wildman–Crippen LogP) is 4.63. The van der Waals surface area contributed by atoms with Crippen molar-refractivity contribution in [3.8, 4) is 0 Å². The molecule has 0 bridgehead atoms. The Morgan fingerprint density at radius 1 is 1.21 bits per heavy atom. The number of fused-ring (bicyclic) bond motifs is 1. The Morgan fingerprint density at radius 2 is 2.00 bits per heavy atom. The van der Waals surface area contributed by atoms with Crippen LogP contribution in [0.3, 0.4) is 0 Å². The summed E-state index contributed by atoms with van der Waals surface area (Å²) in [5.41, 5.74) is 2.23. The van der Waals surface area contributed by atoms with Crippen LogP contribution in [0, 0.1) is 0 Å². The lowest BCUT2D eigenvalue weighted by atomic mass is 10.1. The molecule has 0 amide bonds. The number of benzene rings is 1. The van der Waals surface area contributed by atoms with Gasteiger partial charge in [0.05, 0.1) is 16.3 Å². The standard InChI is InChI=1S/C14H12BrN3S/c1-9(10-4-6-16-7-5-10)17-14-18-12-3-2-11(15)8-13(12)19-14/h2-9H,1H3,(H,17,18). The molecule has 0 fully saturated rings. The van der Waals surface area contributed by atoms with E-state index in [1.807, 2.05) is 36.7 Å². The zero-order chi connectivity index (χ0) is 13.2. The second-order valence-electron chi connectivity index (χ2n) is 4.28. The number of halogens is 1. The van der Waals surface area contributed by atoms with Gasteiger partial charge in [-0.1, -0.05) is 27.3 Å². The number of pyridine rings is 1. The number of rotatable bonds is 3. The fourth-order valence-electron chi connectivity index (χ4n) is 1.88. The summed E-state index contributed by atoms with van der Waals surface area (Å²) in [6, 6.07) is 10.4. The van der Waals surface area contributed by atoms with Gasteiger partial charge in [0.15, 0.2) is 5.13 Å². The Balaban J connectivity index is 1.85. The molecule has 0 aliphatic rings. The molecule has 2 aromatic heterocycles. The molecule has 0 aliphatic carbocycles. The van der Waals surface area contributed by atoms with E-state index in [1.165, 1.54) is 10.3 Å². The van der Waals surface area contributed by atoms with Crippen LogP contribution in [0.15, 0.2) is 47.2 Å². The second-order valence-corrected chi connectivity index (χ2v) is 6.22. The maximum Gasteiger partial charge on any atom is 0.184 e. The van der Waals surface area contributed by atoms with Crippen molar-refractivity contribution in [2.75, 3.05) is 5.32 Å². The molecule has 3 rings (SSSR count). The third-order valence-electron chi connectivity index (χ3n) is 2.90. The third kappa shape index (κ3) is 2.77. The van der Waals surface area contributed by atoms with E-state index in [9.17, 15) is 0 Å². The van der Waals surface area contributed by atoms with Gasteiger partial charge >= 0.3 is 0 Å². The van der Waals surface area contributed by atoms with E-state index in [1.54, 1.807) is 11.3 Å². The minimum atomic E-state index is 0.215. The Hall–Kier alpha value is -1.46. The van der Waals surface area contributed by atoms with Crippen molar-refractivity contribution in [2.24, 2.45) is 0 Å². The van der Waals surface area contributed by atoms with Crippen LogP contribution >= 0.6 is 27.3 Å². The van der Waals surface area contributed by atoms with E-state index in [4.69, 9.17) is 0 Å². The van der Waals surface area contributed by atoms with E-state index in [0.717, 1.165) is 15.1 Å². The number of hydrogen-bond acceptors (Lipinski definition) is 4. The molecule has 0 saturated carbocycles. The van der Waals surface area contributed by atoms with Crippen molar-refractivity contribution < 1.29 is 0 Å². The summed E-state index contributed by atoms with van der Waals surface area (Å²) >= 11 is 5.15. The summed E-state index contributed by atoms with van der Waals surface area (Å²) in [5, 5.41) is 4.37. The van der Waals surface area contributed by atoms with Crippen molar-refractivity contribution in [1.29, 1.82) is 0 Å². The molecule has 5 heteroatoms. The fraction of sp³-hybridized carbons (Fsp3) is 0.143. The highest BCUT2D eigenvalue weighted by Gasteiger charge is 2.09. The fourth-order valence-corrected chi connectivity index (χ4v) is 3.39. The molecule has 19 heavy (non-hydrogen) atoms. The lowest BCUT2D eigenvalue weighted by Gasteiger charge is -2.12. The summed E-state index contributed by atoms with van der Waals surface area (Å²) in [4.78, 5) is 8.62. The van der Waals surface area contributed by atoms with E-state index in [0.29, 0.717) is 0 Å². The molecule has 1 atom stereocenters.